The van der Waals surface area contributed by atoms with Crippen LogP contribution in [0, 0.1) is 0 Å². The van der Waals surface area contributed by atoms with Gasteiger partial charge in [-0.25, -0.2) is 4.57 Å². The molecule has 48 heavy (non-hydrogen) atoms. The molecule has 1 unspecified atom stereocenters. The van der Waals surface area contributed by atoms with Gasteiger partial charge in [0.25, 0.3) is 0 Å². The van der Waals surface area contributed by atoms with Gasteiger partial charge in [-0.2, -0.15) is 0 Å². The highest BCUT2D eigenvalue weighted by Gasteiger charge is 2.27. The zero-order chi connectivity index (χ0) is 35.6. The standard InChI is InChI=1S/C37H67O10P/c1-3-5-7-9-11-13-15-16-17-19-21-23-25-27-29-37(41)47-35(33-46-48(42,43)45-31-34(39)30-38)32-44-36(40)28-26-24-22-20-18-14-12-10-8-6-4-2/h9-12,15-16,34-35,38-39H,3-8,13-14,17-33H2,1-2H3,(H,42,43)/b11-9-,12-10-,16-15-/t34-,35+/m0/s1. The minimum Gasteiger partial charge on any atom is -0.462 e. The summed E-state index contributed by atoms with van der Waals surface area (Å²) in [4.78, 5) is 34.7. The number of hydrogen-bond acceptors (Lipinski definition) is 9. The first-order valence-corrected chi connectivity index (χ1v) is 19.9. The molecule has 11 heteroatoms. The third-order valence-electron chi connectivity index (χ3n) is 7.52. The van der Waals surface area contributed by atoms with Crippen molar-refractivity contribution in [2.45, 2.75) is 161 Å². The van der Waals surface area contributed by atoms with E-state index in [1.807, 2.05) is 0 Å². The largest absolute Gasteiger partial charge is 0.472 e. The number of hydrogen-bond donors (Lipinski definition) is 3. The topological polar surface area (TPSA) is 149 Å². The maximum Gasteiger partial charge on any atom is 0.472 e. The molecule has 0 fully saturated rings. The van der Waals surface area contributed by atoms with Crippen LogP contribution in [0.4, 0.5) is 0 Å². The molecule has 0 saturated carbocycles. The lowest BCUT2D eigenvalue weighted by molar-refractivity contribution is -0.161. The SMILES string of the molecule is CCCC/C=C\C/C=C\CCCCCCCC(=O)O[C@H](COC(=O)CCCCCCC/C=C\CCCC)COP(=O)(O)OC[C@@H](O)CO. The van der Waals surface area contributed by atoms with Crippen molar-refractivity contribution in [2.75, 3.05) is 26.4 Å². The fourth-order valence-corrected chi connectivity index (χ4v) is 5.37. The Morgan fingerprint density at radius 1 is 0.625 bits per heavy atom. The number of unbranched alkanes of at least 4 members (excludes halogenated alkanes) is 14. The lowest BCUT2D eigenvalue weighted by Crippen LogP contribution is -2.29. The molecule has 3 atom stereocenters. The molecule has 0 aliphatic heterocycles. The zero-order valence-electron chi connectivity index (χ0n) is 29.9. The molecule has 0 radical (unpaired) electrons. The Labute approximate surface area is 291 Å². The van der Waals surface area contributed by atoms with Crippen molar-refractivity contribution in [3.63, 3.8) is 0 Å². The van der Waals surface area contributed by atoms with Crippen LogP contribution >= 0.6 is 7.82 Å². The van der Waals surface area contributed by atoms with E-state index in [1.54, 1.807) is 0 Å². The number of phosphoric acid groups is 1. The minimum absolute atomic E-state index is 0.166. The van der Waals surface area contributed by atoms with Gasteiger partial charge in [0.05, 0.1) is 19.8 Å². The van der Waals surface area contributed by atoms with Crippen LogP contribution < -0.4 is 0 Å². The highest BCUT2D eigenvalue weighted by Crippen LogP contribution is 2.43. The maximum absolute atomic E-state index is 12.5. The number of aliphatic hydroxyl groups excluding tert-OH is 2. The molecule has 3 N–H and O–H groups in total. The molecule has 0 aliphatic carbocycles. The van der Waals surface area contributed by atoms with Crippen molar-refractivity contribution in [3.8, 4) is 0 Å². The molecule has 0 aromatic rings. The first kappa shape index (κ1) is 46.2. The molecule has 0 saturated heterocycles. The third kappa shape index (κ3) is 32.7. The number of rotatable bonds is 34. The summed E-state index contributed by atoms with van der Waals surface area (Å²) in [6.07, 6.45) is 31.2. The fourth-order valence-electron chi connectivity index (χ4n) is 4.58. The van der Waals surface area contributed by atoms with Gasteiger partial charge in [-0.15, -0.1) is 0 Å². The van der Waals surface area contributed by atoms with Crippen molar-refractivity contribution in [2.24, 2.45) is 0 Å². The molecule has 0 spiro atoms. The van der Waals surface area contributed by atoms with Gasteiger partial charge in [0.1, 0.15) is 12.7 Å². The van der Waals surface area contributed by atoms with E-state index in [9.17, 15) is 24.2 Å². The average molecular weight is 703 g/mol. The van der Waals surface area contributed by atoms with Gasteiger partial charge < -0.3 is 24.6 Å². The summed E-state index contributed by atoms with van der Waals surface area (Å²) >= 11 is 0. The summed E-state index contributed by atoms with van der Waals surface area (Å²) in [6.45, 7) is 2.24. The molecule has 0 rings (SSSR count). The van der Waals surface area contributed by atoms with Gasteiger partial charge in [0.2, 0.25) is 0 Å². The van der Waals surface area contributed by atoms with Gasteiger partial charge in [-0.3, -0.25) is 18.6 Å². The Morgan fingerprint density at radius 3 is 1.62 bits per heavy atom. The van der Waals surface area contributed by atoms with Crippen LogP contribution in [0.1, 0.15) is 149 Å². The smallest absolute Gasteiger partial charge is 0.462 e. The van der Waals surface area contributed by atoms with Crippen LogP contribution in [0.2, 0.25) is 0 Å². The van der Waals surface area contributed by atoms with Crippen LogP contribution in [-0.4, -0.2) is 65.7 Å². The van der Waals surface area contributed by atoms with E-state index in [4.69, 9.17) is 19.1 Å². The molecule has 10 nitrogen and oxygen atoms in total. The van der Waals surface area contributed by atoms with E-state index < -0.39 is 51.8 Å². The average Bonchev–Trinajstić information content (AvgIpc) is 3.07. The molecular weight excluding hydrogens is 635 g/mol. The molecule has 0 aromatic heterocycles. The number of esters is 2. The van der Waals surface area contributed by atoms with Crippen LogP contribution in [-0.2, 0) is 32.7 Å². The van der Waals surface area contributed by atoms with Crippen LogP contribution in [0.3, 0.4) is 0 Å². The van der Waals surface area contributed by atoms with Crippen LogP contribution in [0.15, 0.2) is 36.5 Å². The maximum atomic E-state index is 12.5. The summed E-state index contributed by atoms with van der Waals surface area (Å²) in [5.74, 6) is -0.957. The van der Waals surface area contributed by atoms with Gasteiger partial charge >= 0.3 is 19.8 Å². The summed E-state index contributed by atoms with van der Waals surface area (Å²) in [7, 11) is -4.61. The molecule has 0 bridgehead atoms. The summed E-state index contributed by atoms with van der Waals surface area (Å²) in [5, 5.41) is 18.2. The number of phosphoric ester groups is 1. The van der Waals surface area contributed by atoms with Crippen molar-refractivity contribution < 1.29 is 47.8 Å². The van der Waals surface area contributed by atoms with Gasteiger partial charge in [0, 0.05) is 12.8 Å². The molecule has 0 heterocycles. The highest BCUT2D eigenvalue weighted by molar-refractivity contribution is 7.47. The Kier molecular flexibility index (Phi) is 32.4. The predicted molar refractivity (Wildman–Crippen MR) is 191 cm³/mol. The second kappa shape index (κ2) is 33.7. The quantitative estimate of drug-likeness (QED) is 0.0257. The van der Waals surface area contributed by atoms with Gasteiger partial charge in [-0.1, -0.05) is 115 Å². The first-order chi connectivity index (χ1) is 23.2. The number of ether oxygens (including phenoxy) is 2. The summed E-state index contributed by atoms with van der Waals surface area (Å²) < 4.78 is 32.5. The van der Waals surface area contributed by atoms with Gasteiger partial charge in [0.15, 0.2) is 6.10 Å². The Bertz CT molecular complexity index is 905. The molecule has 0 amide bonds. The lowest BCUT2D eigenvalue weighted by atomic mass is 10.1. The molecule has 0 aliphatic rings. The summed E-state index contributed by atoms with van der Waals surface area (Å²) in [6, 6.07) is 0. The molecule has 0 aromatic carbocycles. The highest BCUT2D eigenvalue weighted by atomic mass is 31.2. The van der Waals surface area contributed by atoms with E-state index >= 15 is 0 Å². The zero-order valence-corrected chi connectivity index (χ0v) is 30.8. The molecule has 280 valence electrons. The van der Waals surface area contributed by atoms with E-state index in [1.165, 1.54) is 25.7 Å². The van der Waals surface area contributed by atoms with Gasteiger partial charge in [-0.05, 0) is 57.8 Å². The van der Waals surface area contributed by atoms with Crippen molar-refractivity contribution >= 4 is 19.8 Å². The Hall–Kier alpha value is -1.81. The van der Waals surface area contributed by atoms with Crippen molar-refractivity contribution in [3.05, 3.63) is 36.5 Å². The normalized spacial score (nSPS) is 14.5. The number of carbonyl (C=O) groups is 2. The monoisotopic (exact) mass is 702 g/mol. The predicted octanol–water partition coefficient (Wildman–Crippen LogP) is 8.83. The molecular formula is C37H67O10P. The lowest BCUT2D eigenvalue weighted by Gasteiger charge is -2.20. The second-order valence-corrected chi connectivity index (χ2v) is 13.7. The van der Waals surface area contributed by atoms with E-state index in [0.29, 0.717) is 12.8 Å². The van der Waals surface area contributed by atoms with E-state index in [-0.39, 0.29) is 19.4 Å². The Morgan fingerprint density at radius 2 is 1.08 bits per heavy atom. The number of allylic oxidation sites excluding steroid dienone is 6. The summed E-state index contributed by atoms with van der Waals surface area (Å²) in [5.41, 5.74) is 0. The Balaban J connectivity index is 4.43. The fraction of sp³-hybridized carbons (Fsp3) is 0.784. The van der Waals surface area contributed by atoms with Crippen LogP contribution in [0.5, 0.6) is 0 Å². The number of aliphatic hydroxyl groups is 2. The second-order valence-electron chi connectivity index (χ2n) is 12.2. The van der Waals surface area contributed by atoms with Crippen molar-refractivity contribution in [1.29, 1.82) is 0 Å². The minimum atomic E-state index is -4.61. The van der Waals surface area contributed by atoms with E-state index in [0.717, 1.165) is 83.5 Å². The van der Waals surface area contributed by atoms with Crippen LogP contribution in [0.25, 0.3) is 0 Å². The third-order valence-corrected chi connectivity index (χ3v) is 8.47. The first-order valence-electron chi connectivity index (χ1n) is 18.4. The van der Waals surface area contributed by atoms with Crippen molar-refractivity contribution in [1.82, 2.24) is 0 Å². The van der Waals surface area contributed by atoms with E-state index in [2.05, 4.69) is 54.8 Å². The number of carbonyl (C=O) groups excluding carboxylic acids is 2.